The molecule has 5 heteroatoms. The average Bonchev–Trinajstić information content (AvgIpc) is 2.96. The maximum atomic E-state index is 6.29. The third kappa shape index (κ3) is 2.46. The van der Waals surface area contributed by atoms with Crippen molar-refractivity contribution in [2.24, 2.45) is 12.8 Å². The Balaban J connectivity index is 2.20. The van der Waals surface area contributed by atoms with Gasteiger partial charge in [-0.2, -0.15) is 5.10 Å². The summed E-state index contributed by atoms with van der Waals surface area (Å²) in [4.78, 5) is 4.32. The van der Waals surface area contributed by atoms with E-state index in [1.807, 2.05) is 22.5 Å². The van der Waals surface area contributed by atoms with Crippen LogP contribution in [-0.2, 0) is 26.4 Å². The van der Waals surface area contributed by atoms with Crippen LogP contribution in [0.2, 0.25) is 0 Å². The first-order chi connectivity index (χ1) is 8.65. The molecular weight excluding hydrogens is 226 g/mol. The van der Waals surface area contributed by atoms with Gasteiger partial charge in [-0.05, 0) is 19.4 Å². The molecule has 2 N–H and O–H groups in total. The molecule has 98 valence electrons. The molecule has 0 fully saturated rings. The number of hydrogen-bond donors (Lipinski definition) is 1. The summed E-state index contributed by atoms with van der Waals surface area (Å²) in [5, 5.41) is 4.53. The highest BCUT2D eigenvalue weighted by Crippen LogP contribution is 2.17. The fourth-order valence-electron chi connectivity index (χ4n) is 2.11. The maximum absolute atomic E-state index is 6.29. The van der Waals surface area contributed by atoms with Gasteiger partial charge in [-0.25, -0.2) is 4.98 Å². The van der Waals surface area contributed by atoms with Gasteiger partial charge in [0.1, 0.15) is 5.82 Å². The van der Waals surface area contributed by atoms with Crippen LogP contribution < -0.4 is 5.73 Å². The minimum Gasteiger partial charge on any atom is -0.338 e. The van der Waals surface area contributed by atoms with Crippen LogP contribution in [-0.4, -0.2) is 19.3 Å². The van der Waals surface area contributed by atoms with E-state index in [1.54, 1.807) is 6.20 Å². The van der Waals surface area contributed by atoms with Crippen LogP contribution in [0.3, 0.4) is 0 Å². The second kappa shape index (κ2) is 5.35. The summed E-state index contributed by atoms with van der Waals surface area (Å²) in [7, 11) is 1.99. The van der Waals surface area contributed by atoms with Crippen molar-refractivity contribution in [3.05, 3.63) is 35.7 Å². The lowest BCUT2D eigenvalue weighted by molar-refractivity contribution is 0.553. The third-order valence-electron chi connectivity index (χ3n) is 3.23. The Morgan fingerprint density at radius 3 is 2.72 bits per heavy atom. The molecule has 2 heterocycles. The third-order valence-corrected chi connectivity index (χ3v) is 3.23. The zero-order valence-corrected chi connectivity index (χ0v) is 11.3. The van der Waals surface area contributed by atoms with Gasteiger partial charge in [0.15, 0.2) is 0 Å². The van der Waals surface area contributed by atoms with Gasteiger partial charge in [-0.15, -0.1) is 0 Å². The normalized spacial score (nSPS) is 12.9. The number of rotatable bonds is 5. The van der Waals surface area contributed by atoms with Gasteiger partial charge >= 0.3 is 0 Å². The molecule has 0 aliphatic rings. The highest BCUT2D eigenvalue weighted by Gasteiger charge is 2.15. The SMILES string of the molecule is CCc1cc(C(N)Cc2nccn2C)n(CC)n1. The first kappa shape index (κ1) is 12.8. The largest absolute Gasteiger partial charge is 0.338 e. The van der Waals surface area contributed by atoms with E-state index in [1.165, 1.54) is 0 Å². The van der Waals surface area contributed by atoms with Crippen LogP contribution in [0.4, 0.5) is 0 Å². The average molecular weight is 247 g/mol. The highest BCUT2D eigenvalue weighted by atomic mass is 15.3. The van der Waals surface area contributed by atoms with E-state index >= 15 is 0 Å². The van der Waals surface area contributed by atoms with Gasteiger partial charge in [0, 0.05) is 32.4 Å². The number of nitrogens with zero attached hydrogens (tertiary/aromatic N) is 4. The quantitative estimate of drug-likeness (QED) is 0.869. The lowest BCUT2D eigenvalue weighted by Gasteiger charge is -2.13. The molecule has 0 saturated heterocycles. The Kier molecular flexibility index (Phi) is 3.81. The van der Waals surface area contributed by atoms with E-state index < -0.39 is 0 Å². The molecule has 0 amide bonds. The van der Waals surface area contributed by atoms with E-state index in [2.05, 4.69) is 30.0 Å². The molecule has 18 heavy (non-hydrogen) atoms. The fraction of sp³-hybridized carbons (Fsp3) is 0.538. The number of aryl methyl sites for hydroxylation is 3. The van der Waals surface area contributed by atoms with Crippen molar-refractivity contribution in [1.82, 2.24) is 19.3 Å². The molecule has 5 nitrogen and oxygen atoms in total. The van der Waals surface area contributed by atoms with Crippen LogP contribution in [0.1, 0.15) is 37.1 Å². The molecule has 0 radical (unpaired) electrons. The molecule has 0 aliphatic carbocycles. The van der Waals surface area contributed by atoms with Crippen LogP contribution in [0, 0.1) is 0 Å². The van der Waals surface area contributed by atoms with Crippen molar-refractivity contribution < 1.29 is 0 Å². The summed E-state index contributed by atoms with van der Waals surface area (Å²) >= 11 is 0. The minimum absolute atomic E-state index is 0.0566. The Bertz CT molecular complexity index is 511. The van der Waals surface area contributed by atoms with Crippen molar-refractivity contribution in [3.63, 3.8) is 0 Å². The second-order valence-electron chi connectivity index (χ2n) is 4.49. The van der Waals surface area contributed by atoms with Crippen molar-refractivity contribution in [1.29, 1.82) is 0 Å². The first-order valence-electron chi connectivity index (χ1n) is 6.44. The second-order valence-corrected chi connectivity index (χ2v) is 4.49. The number of hydrogen-bond acceptors (Lipinski definition) is 3. The summed E-state index contributed by atoms with van der Waals surface area (Å²) in [6.07, 6.45) is 5.42. The molecule has 0 bridgehead atoms. The Hall–Kier alpha value is -1.62. The van der Waals surface area contributed by atoms with Crippen LogP contribution in [0.15, 0.2) is 18.5 Å². The monoisotopic (exact) mass is 247 g/mol. The summed E-state index contributed by atoms with van der Waals surface area (Å²) < 4.78 is 4.00. The van der Waals surface area contributed by atoms with Gasteiger partial charge in [-0.1, -0.05) is 6.92 Å². The molecular formula is C13H21N5. The lowest BCUT2D eigenvalue weighted by atomic mass is 10.1. The van der Waals surface area contributed by atoms with Crippen molar-refractivity contribution >= 4 is 0 Å². The fourth-order valence-corrected chi connectivity index (χ4v) is 2.11. The maximum Gasteiger partial charge on any atom is 0.110 e. The summed E-state index contributed by atoms with van der Waals surface area (Å²) in [6, 6.07) is 2.05. The first-order valence-corrected chi connectivity index (χ1v) is 6.44. The molecule has 0 spiro atoms. The molecule has 0 aromatic carbocycles. The van der Waals surface area contributed by atoms with Crippen molar-refractivity contribution in [2.45, 2.75) is 39.3 Å². The smallest absolute Gasteiger partial charge is 0.110 e. The molecule has 2 aromatic heterocycles. The van der Waals surface area contributed by atoms with Gasteiger partial charge in [0.05, 0.1) is 17.4 Å². The molecule has 1 atom stereocenters. The Morgan fingerprint density at radius 2 is 2.17 bits per heavy atom. The number of imidazole rings is 1. The van der Waals surface area contributed by atoms with E-state index in [9.17, 15) is 0 Å². The van der Waals surface area contributed by atoms with E-state index in [-0.39, 0.29) is 6.04 Å². The topological polar surface area (TPSA) is 61.7 Å². The van der Waals surface area contributed by atoms with E-state index in [4.69, 9.17) is 5.73 Å². The van der Waals surface area contributed by atoms with Crippen molar-refractivity contribution in [3.8, 4) is 0 Å². The zero-order chi connectivity index (χ0) is 13.1. The molecule has 2 rings (SSSR count). The Morgan fingerprint density at radius 1 is 1.39 bits per heavy atom. The van der Waals surface area contributed by atoms with Crippen LogP contribution in [0.5, 0.6) is 0 Å². The molecule has 1 unspecified atom stereocenters. The predicted molar refractivity (Wildman–Crippen MR) is 71.1 cm³/mol. The van der Waals surface area contributed by atoms with E-state index in [0.29, 0.717) is 0 Å². The molecule has 0 saturated carbocycles. The highest BCUT2D eigenvalue weighted by molar-refractivity contribution is 5.15. The van der Waals surface area contributed by atoms with Gasteiger partial charge in [0.2, 0.25) is 0 Å². The standard InChI is InChI=1S/C13H21N5/c1-4-10-8-12(18(5-2)16-10)11(14)9-13-15-6-7-17(13)3/h6-8,11H,4-5,9,14H2,1-3H3. The summed E-state index contributed by atoms with van der Waals surface area (Å²) in [6.45, 7) is 5.05. The summed E-state index contributed by atoms with van der Waals surface area (Å²) in [5.41, 5.74) is 8.48. The van der Waals surface area contributed by atoms with Crippen molar-refractivity contribution in [2.75, 3.05) is 0 Å². The van der Waals surface area contributed by atoms with Crippen LogP contribution >= 0.6 is 0 Å². The zero-order valence-electron chi connectivity index (χ0n) is 11.3. The minimum atomic E-state index is -0.0566. The van der Waals surface area contributed by atoms with Gasteiger partial charge in [0.25, 0.3) is 0 Å². The lowest BCUT2D eigenvalue weighted by Crippen LogP contribution is -2.19. The van der Waals surface area contributed by atoms with E-state index in [0.717, 1.165) is 36.6 Å². The number of aromatic nitrogens is 4. The summed E-state index contributed by atoms with van der Waals surface area (Å²) in [5.74, 6) is 1.00. The predicted octanol–water partition coefficient (Wildman–Crippen LogP) is 1.44. The molecule has 2 aromatic rings. The van der Waals surface area contributed by atoms with Gasteiger partial charge in [-0.3, -0.25) is 4.68 Å². The number of nitrogens with two attached hydrogens (primary N) is 1. The van der Waals surface area contributed by atoms with Gasteiger partial charge < -0.3 is 10.3 Å². The Labute approximate surface area is 108 Å². The molecule has 0 aliphatic heterocycles. The van der Waals surface area contributed by atoms with Crippen LogP contribution in [0.25, 0.3) is 0 Å².